The van der Waals surface area contributed by atoms with Crippen LogP contribution < -0.4 is 10.6 Å². The summed E-state index contributed by atoms with van der Waals surface area (Å²) >= 11 is 3.53. The first-order valence-electron chi connectivity index (χ1n) is 7.16. The molecule has 0 spiro atoms. The molecule has 2 N–H and O–H groups in total. The lowest BCUT2D eigenvalue weighted by Crippen LogP contribution is -2.17. The zero-order chi connectivity index (χ0) is 15.9. The van der Waals surface area contributed by atoms with Crippen LogP contribution in [0.15, 0.2) is 28.9 Å². The number of hydrogen-bond donors (Lipinski definition) is 2. The average Bonchev–Trinajstić information content (AvgIpc) is 2.47. The van der Waals surface area contributed by atoms with Crippen molar-refractivity contribution in [2.45, 2.75) is 13.3 Å². The van der Waals surface area contributed by atoms with E-state index in [-0.39, 0.29) is 0 Å². The Morgan fingerprint density at radius 1 is 1.27 bits per heavy atom. The minimum atomic E-state index is 0.474. The summed E-state index contributed by atoms with van der Waals surface area (Å²) in [5, 5.41) is 14.4. The Kier molecular flexibility index (Phi) is 6.09. The molecular formula is C15H21BrN6. The maximum Gasteiger partial charge on any atom is 0.249 e. The van der Waals surface area contributed by atoms with Gasteiger partial charge in [-0.15, -0.1) is 5.10 Å². The van der Waals surface area contributed by atoms with Gasteiger partial charge in [0.25, 0.3) is 0 Å². The van der Waals surface area contributed by atoms with E-state index in [2.05, 4.69) is 60.7 Å². The molecule has 118 valence electrons. The molecule has 0 atom stereocenters. The van der Waals surface area contributed by atoms with Crippen LogP contribution in [0.5, 0.6) is 0 Å². The molecule has 0 aliphatic carbocycles. The monoisotopic (exact) mass is 364 g/mol. The SMILES string of the molecule is Cc1ccc(Nc2nncc(NCCCN(C)C)n2)c(Br)c1. The number of nitrogens with one attached hydrogen (secondary N) is 2. The van der Waals surface area contributed by atoms with Crippen molar-refractivity contribution in [3.8, 4) is 0 Å². The molecule has 1 heterocycles. The van der Waals surface area contributed by atoms with Crippen molar-refractivity contribution in [2.75, 3.05) is 37.8 Å². The number of hydrogen-bond acceptors (Lipinski definition) is 6. The summed E-state index contributed by atoms with van der Waals surface area (Å²) in [4.78, 5) is 6.57. The highest BCUT2D eigenvalue weighted by atomic mass is 79.9. The minimum Gasteiger partial charge on any atom is -0.369 e. The number of anilines is 3. The molecule has 0 unspecified atom stereocenters. The zero-order valence-corrected chi connectivity index (χ0v) is 14.7. The molecule has 0 amide bonds. The van der Waals surface area contributed by atoms with Gasteiger partial charge in [-0.25, -0.2) is 0 Å². The molecule has 2 aromatic rings. The van der Waals surface area contributed by atoms with Crippen LogP contribution in [-0.4, -0.2) is 47.3 Å². The molecule has 6 nitrogen and oxygen atoms in total. The highest BCUT2D eigenvalue weighted by Crippen LogP contribution is 2.25. The Morgan fingerprint density at radius 3 is 2.82 bits per heavy atom. The largest absolute Gasteiger partial charge is 0.369 e. The summed E-state index contributed by atoms with van der Waals surface area (Å²) in [6.45, 7) is 3.93. The molecule has 0 saturated heterocycles. The van der Waals surface area contributed by atoms with Crippen LogP contribution in [0.4, 0.5) is 17.5 Å². The summed E-state index contributed by atoms with van der Waals surface area (Å²) in [6, 6.07) is 6.06. The Labute approximate surface area is 139 Å². The van der Waals surface area contributed by atoms with Gasteiger partial charge >= 0.3 is 0 Å². The number of nitrogens with zero attached hydrogens (tertiary/aromatic N) is 4. The van der Waals surface area contributed by atoms with Gasteiger partial charge in [-0.3, -0.25) is 0 Å². The van der Waals surface area contributed by atoms with Gasteiger partial charge in [-0.1, -0.05) is 6.07 Å². The second-order valence-electron chi connectivity index (χ2n) is 5.36. The molecule has 1 aromatic carbocycles. The van der Waals surface area contributed by atoms with E-state index < -0.39 is 0 Å². The maximum absolute atomic E-state index is 4.42. The van der Waals surface area contributed by atoms with Crippen molar-refractivity contribution in [3.63, 3.8) is 0 Å². The van der Waals surface area contributed by atoms with E-state index in [0.717, 1.165) is 35.5 Å². The highest BCUT2D eigenvalue weighted by Gasteiger charge is 2.04. The van der Waals surface area contributed by atoms with Gasteiger partial charge in [0.05, 0.1) is 11.9 Å². The number of benzene rings is 1. The summed E-state index contributed by atoms with van der Waals surface area (Å²) in [7, 11) is 4.13. The second kappa shape index (κ2) is 8.05. The summed E-state index contributed by atoms with van der Waals surface area (Å²) in [6.07, 6.45) is 2.67. The molecule has 0 bridgehead atoms. The van der Waals surface area contributed by atoms with E-state index in [1.807, 2.05) is 25.1 Å². The van der Waals surface area contributed by atoms with E-state index in [0.29, 0.717) is 5.95 Å². The number of halogens is 1. The molecule has 22 heavy (non-hydrogen) atoms. The predicted octanol–water partition coefficient (Wildman–Crippen LogP) is 3.05. The van der Waals surface area contributed by atoms with Gasteiger partial charge in [0.15, 0.2) is 5.82 Å². The van der Waals surface area contributed by atoms with Crippen molar-refractivity contribution in [1.82, 2.24) is 20.1 Å². The van der Waals surface area contributed by atoms with Gasteiger partial charge in [0.1, 0.15) is 0 Å². The van der Waals surface area contributed by atoms with Gasteiger partial charge in [-0.2, -0.15) is 10.1 Å². The molecular weight excluding hydrogens is 344 g/mol. The highest BCUT2D eigenvalue weighted by molar-refractivity contribution is 9.10. The van der Waals surface area contributed by atoms with Crippen molar-refractivity contribution in [1.29, 1.82) is 0 Å². The van der Waals surface area contributed by atoms with Crippen molar-refractivity contribution >= 4 is 33.4 Å². The minimum absolute atomic E-state index is 0.474. The van der Waals surface area contributed by atoms with Gasteiger partial charge in [0.2, 0.25) is 5.95 Å². The Hall–Kier alpha value is -1.73. The first kappa shape index (κ1) is 16.6. The lowest BCUT2D eigenvalue weighted by Gasteiger charge is -2.11. The first-order chi connectivity index (χ1) is 10.5. The van der Waals surface area contributed by atoms with E-state index in [1.165, 1.54) is 5.56 Å². The van der Waals surface area contributed by atoms with Crippen LogP contribution in [0, 0.1) is 6.92 Å². The second-order valence-corrected chi connectivity index (χ2v) is 6.21. The predicted molar refractivity (Wildman–Crippen MR) is 93.6 cm³/mol. The topological polar surface area (TPSA) is 66.0 Å². The third kappa shape index (κ3) is 5.23. The fourth-order valence-corrected chi connectivity index (χ4v) is 2.49. The van der Waals surface area contributed by atoms with E-state index in [1.54, 1.807) is 6.20 Å². The van der Waals surface area contributed by atoms with Crippen LogP contribution in [0.3, 0.4) is 0 Å². The van der Waals surface area contributed by atoms with E-state index in [4.69, 9.17) is 0 Å². The smallest absolute Gasteiger partial charge is 0.249 e. The standard InChI is InChI=1S/C15H21BrN6/c1-11-5-6-13(12(16)9-11)19-15-20-14(10-18-21-15)17-7-4-8-22(2)3/h5-6,9-10H,4,7-8H2,1-3H3,(H2,17,19,20,21). The Balaban J connectivity index is 1.96. The van der Waals surface area contributed by atoms with Crippen molar-refractivity contribution < 1.29 is 0 Å². The van der Waals surface area contributed by atoms with Crippen LogP contribution in [0.2, 0.25) is 0 Å². The van der Waals surface area contributed by atoms with E-state index in [9.17, 15) is 0 Å². The lowest BCUT2D eigenvalue weighted by molar-refractivity contribution is 0.405. The van der Waals surface area contributed by atoms with Gasteiger partial charge in [0, 0.05) is 11.0 Å². The Morgan fingerprint density at radius 2 is 2.09 bits per heavy atom. The number of rotatable bonds is 7. The maximum atomic E-state index is 4.42. The third-order valence-electron chi connectivity index (χ3n) is 3.02. The van der Waals surface area contributed by atoms with Crippen LogP contribution in [0.1, 0.15) is 12.0 Å². The zero-order valence-electron chi connectivity index (χ0n) is 13.1. The summed E-state index contributed by atoms with van der Waals surface area (Å²) in [5.41, 5.74) is 2.10. The molecule has 0 aliphatic heterocycles. The lowest BCUT2D eigenvalue weighted by atomic mass is 10.2. The van der Waals surface area contributed by atoms with Crippen molar-refractivity contribution in [3.05, 3.63) is 34.4 Å². The van der Waals surface area contributed by atoms with Crippen LogP contribution >= 0.6 is 15.9 Å². The fourth-order valence-electron chi connectivity index (χ4n) is 1.90. The first-order valence-corrected chi connectivity index (χ1v) is 7.95. The fraction of sp³-hybridized carbons (Fsp3) is 0.400. The molecule has 1 aromatic heterocycles. The summed E-state index contributed by atoms with van der Waals surface area (Å²) < 4.78 is 0.973. The van der Waals surface area contributed by atoms with Crippen LogP contribution in [-0.2, 0) is 0 Å². The van der Waals surface area contributed by atoms with E-state index >= 15 is 0 Å². The van der Waals surface area contributed by atoms with Gasteiger partial charge < -0.3 is 15.5 Å². The normalized spacial score (nSPS) is 10.8. The summed E-state index contributed by atoms with van der Waals surface area (Å²) in [5.74, 6) is 1.20. The van der Waals surface area contributed by atoms with Crippen LogP contribution in [0.25, 0.3) is 0 Å². The van der Waals surface area contributed by atoms with Crippen molar-refractivity contribution in [2.24, 2.45) is 0 Å². The average molecular weight is 365 g/mol. The molecule has 2 rings (SSSR count). The molecule has 0 aliphatic rings. The number of aryl methyl sites for hydroxylation is 1. The third-order valence-corrected chi connectivity index (χ3v) is 3.67. The molecule has 0 radical (unpaired) electrons. The quantitative estimate of drug-likeness (QED) is 0.736. The molecule has 0 saturated carbocycles. The Bertz CT molecular complexity index is 617. The molecule has 0 fully saturated rings. The number of aromatic nitrogens is 3. The molecule has 7 heteroatoms. The van der Waals surface area contributed by atoms with Gasteiger partial charge in [-0.05, 0) is 67.6 Å².